The topological polar surface area (TPSA) is 104 Å². The maximum Gasteiger partial charge on any atom is 0.256 e. The van der Waals surface area contributed by atoms with Gasteiger partial charge in [0.05, 0.1) is 11.4 Å². The zero-order chi connectivity index (χ0) is 12.4. The van der Waals surface area contributed by atoms with E-state index in [1.54, 1.807) is 6.92 Å². The average Bonchev–Trinajstić information content (AvgIpc) is 2.62. The highest BCUT2D eigenvalue weighted by Crippen LogP contribution is 2.19. The molecule has 5 N–H and O–H groups in total. The molecule has 0 atom stereocenters. The first-order valence-corrected chi connectivity index (χ1v) is 4.98. The summed E-state index contributed by atoms with van der Waals surface area (Å²) in [6.07, 6.45) is 0. The Morgan fingerprint density at radius 3 is 2.59 bits per heavy atom. The number of hydrogen-bond acceptors (Lipinski definition) is 4. The van der Waals surface area contributed by atoms with Crippen molar-refractivity contribution in [3.8, 4) is 5.75 Å². The Hall–Kier alpha value is -2.50. The average molecular weight is 232 g/mol. The number of amides is 1. The fraction of sp³-hybridized carbons (Fsp3) is 0.0909. The number of aromatic amines is 1. The molecule has 6 heteroatoms. The molecule has 0 saturated heterocycles. The van der Waals surface area contributed by atoms with Crippen LogP contribution in [0.5, 0.6) is 5.75 Å². The number of anilines is 2. The van der Waals surface area contributed by atoms with Gasteiger partial charge in [-0.25, -0.2) is 0 Å². The maximum absolute atomic E-state index is 11.8. The molecule has 0 saturated carbocycles. The first-order chi connectivity index (χ1) is 8.08. The molecule has 0 spiro atoms. The van der Waals surface area contributed by atoms with Crippen LogP contribution in [0.15, 0.2) is 24.3 Å². The normalized spacial score (nSPS) is 10.2. The van der Waals surface area contributed by atoms with Crippen molar-refractivity contribution in [2.45, 2.75) is 6.92 Å². The van der Waals surface area contributed by atoms with Crippen LogP contribution in [0.1, 0.15) is 16.1 Å². The molecule has 1 heterocycles. The number of aromatic nitrogens is 2. The van der Waals surface area contributed by atoms with Crippen LogP contribution in [0.4, 0.5) is 11.5 Å². The van der Waals surface area contributed by atoms with E-state index in [2.05, 4.69) is 15.5 Å². The number of phenolic OH excluding ortho intramolecular Hbond substituents is 1. The summed E-state index contributed by atoms with van der Waals surface area (Å²) in [5.41, 5.74) is 7.24. The fourth-order valence-electron chi connectivity index (χ4n) is 1.33. The number of rotatable bonds is 2. The number of aryl methyl sites for hydroxylation is 1. The summed E-state index contributed by atoms with van der Waals surface area (Å²) in [6, 6.07) is 5.91. The van der Waals surface area contributed by atoms with Crippen LogP contribution in [0.25, 0.3) is 0 Å². The predicted octanol–water partition coefficient (Wildman–Crippen LogP) is 1.26. The summed E-state index contributed by atoms with van der Waals surface area (Å²) in [6.45, 7) is 1.76. The molecule has 88 valence electrons. The van der Waals surface area contributed by atoms with Crippen LogP contribution >= 0.6 is 0 Å². The van der Waals surface area contributed by atoms with Crippen molar-refractivity contribution in [2.24, 2.45) is 0 Å². The molecule has 6 nitrogen and oxygen atoms in total. The van der Waals surface area contributed by atoms with Crippen molar-refractivity contribution in [1.29, 1.82) is 0 Å². The van der Waals surface area contributed by atoms with Gasteiger partial charge in [-0.05, 0) is 31.2 Å². The second kappa shape index (κ2) is 4.17. The van der Waals surface area contributed by atoms with E-state index in [1.165, 1.54) is 24.3 Å². The minimum atomic E-state index is -0.330. The zero-order valence-electron chi connectivity index (χ0n) is 9.19. The highest BCUT2D eigenvalue weighted by atomic mass is 16.3. The lowest BCUT2D eigenvalue weighted by Gasteiger charge is -2.03. The summed E-state index contributed by atoms with van der Waals surface area (Å²) in [7, 11) is 0. The van der Waals surface area contributed by atoms with Crippen LogP contribution in [-0.4, -0.2) is 21.2 Å². The van der Waals surface area contributed by atoms with Crippen molar-refractivity contribution in [3.63, 3.8) is 0 Å². The van der Waals surface area contributed by atoms with Crippen molar-refractivity contribution >= 4 is 17.4 Å². The summed E-state index contributed by atoms with van der Waals surface area (Å²) >= 11 is 0. The maximum atomic E-state index is 11.8. The molecule has 0 aliphatic rings. The predicted molar refractivity (Wildman–Crippen MR) is 63.8 cm³/mol. The van der Waals surface area contributed by atoms with Crippen molar-refractivity contribution in [2.75, 3.05) is 11.1 Å². The van der Waals surface area contributed by atoms with E-state index in [1.807, 2.05) is 0 Å². The SMILES string of the molecule is Cc1[nH]nc(NC(=O)c2ccc(O)cc2)c1N. The fourth-order valence-corrected chi connectivity index (χ4v) is 1.33. The van der Waals surface area contributed by atoms with Crippen LogP contribution in [0.2, 0.25) is 0 Å². The van der Waals surface area contributed by atoms with Gasteiger partial charge in [-0.3, -0.25) is 9.89 Å². The van der Waals surface area contributed by atoms with E-state index in [-0.39, 0.29) is 11.7 Å². The van der Waals surface area contributed by atoms with Crippen molar-refractivity contribution < 1.29 is 9.90 Å². The molecule has 2 rings (SSSR count). The summed E-state index contributed by atoms with van der Waals surface area (Å²) in [4.78, 5) is 11.8. The number of carbonyl (C=O) groups excluding carboxylic acids is 1. The second-order valence-corrected chi connectivity index (χ2v) is 3.61. The summed E-state index contributed by atoms with van der Waals surface area (Å²) < 4.78 is 0. The molecule has 0 fully saturated rings. The van der Waals surface area contributed by atoms with E-state index < -0.39 is 0 Å². The van der Waals surface area contributed by atoms with Gasteiger partial charge in [0, 0.05) is 5.56 Å². The van der Waals surface area contributed by atoms with Gasteiger partial charge in [0.2, 0.25) is 0 Å². The summed E-state index contributed by atoms with van der Waals surface area (Å²) in [5.74, 6) is 0.0838. The zero-order valence-corrected chi connectivity index (χ0v) is 9.19. The first kappa shape index (κ1) is 11.0. The number of nitrogen functional groups attached to an aromatic ring is 1. The van der Waals surface area contributed by atoms with Gasteiger partial charge in [0.15, 0.2) is 5.82 Å². The van der Waals surface area contributed by atoms with Gasteiger partial charge in [0.25, 0.3) is 5.91 Å². The third-order valence-corrected chi connectivity index (χ3v) is 2.36. The van der Waals surface area contributed by atoms with Gasteiger partial charge in [-0.15, -0.1) is 0 Å². The van der Waals surface area contributed by atoms with E-state index in [4.69, 9.17) is 10.8 Å². The Kier molecular flexibility index (Phi) is 2.70. The smallest absolute Gasteiger partial charge is 0.256 e. The quantitative estimate of drug-likeness (QED) is 0.625. The molecule has 0 bridgehead atoms. The largest absolute Gasteiger partial charge is 0.508 e. The standard InChI is InChI=1S/C11H12N4O2/c1-6-9(12)10(15-14-6)13-11(17)7-2-4-8(16)5-3-7/h2-5,16H,12H2,1H3,(H2,13,14,15,17). The number of H-pyrrole nitrogens is 1. The lowest BCUT2D eigenvalue weighted by atomic mass is 10.2. The molecule has 0 unspecified atom stereocenters. The minimum absolute atomic E-state index is 0.108. The lowest BCUT2D eigenvalue weighted by molar-refractivity contribution is 0.102. The van der Waals surface area contributed by atoms with Crippen LogP contribution in [0.3, 0.4) is 0 Å². The second-order valence-electron chi connectivity index (χ2n) is 3.61. The number of benzene rings is 1. The van der Waals surface area contributed by atoms with Gasteiger partial charge in [-0.1, -0.05) is 0 Å². The molecule has 17 heavy (non-hydrogen) atoms. The third-order valence-electron chi connectivity index (χ3n) is 2.36. The Labute approximate surface area is 97.5 Å². The monoisotopic (exact) mass is 232 g/mol. The van der Waals surface area contributed by atoms with Crippen molar-refractivity contribution in [3.05, 3.63) is 35.5 Å². The van der Waals surface area contributed by atoms with Crippen molar-refractivity contribution in [1.82, 2.24) is 10.2 Å². The third kappa shape index (κ3) is 2.20. The molecule has 1 amide bonds. The number of hydrogen-bond donors (Lipinski definition) is 4. The highest BCUT2D eigenvalue weighted by molar-refractivity contribution is 6.05. The molecule has 0 aliphatic carbocycles. The molecule has 2 aromatic rings. The first-order valence-electron chi connectivity index (χ1n) is 4.98. The molecule has 1 aromatic heterocycles. The minimum Gasteiger partial charge on any atom is -0.508 e. The Bertz CT molecular complexity index is 545. The van der Waals surface area contributed by atoms with Gasteiger partial charge in [0.1, 0.15) is 5.75 Å². The number of nitrogens with one attached hydrogen (secondary N) is 2. The van der Waals surface area contributed by atoms with Gasteiger partial charge >= 0.3 is 0 Å². The van der Waals surface area contributed by atoms with E-state index >= 15 is 0 Å². The van der Waals surface area contributed by atoms with E-state index in [9.17, 15) is 4.79 Å². The number of phenols is 1. The molecule has 1 aromatic carbocycles. The van der Waals surface area contributed by atoms with Crippen LogP contribution in [0, 0.1) is 6.92 Å². The number of carbonyl (C=O) groups is 1. The molecular weight excluding hydrogens is 220 g/mol. The molecular formula is C11H12N4O2. The number of nitrogens with zero attached hydrogens (tertiary/aromatic N) is 1. The van der Waals surface area contributed by atoms with E-state index in [0.29, 0.717) is 22.8 Å². The Morgan fingerprint density at radius 2 is 2.06 bits per heavy atom. The van der Waals surface area contributed by atoms with Gasteiger partial charge < -0.3 is 16.2 Å². The molecule has 0 radical (unpaired) electrons. The molecule has 0 aliphatic heterocycles. The summed E-state index contributed by atoms with van der Waals surface area (Å²) in [5, 5.41) is 18.2. The van der Waals surface area contributed by atoms with Gasteiger partial charge in [-0.2, -0.15) is 5.10 Å². The highest BCUT2D eigenvalue weighted by Gasteiger charge is 2.11. The van der Waals surface area contributed by atoms with Crippen LogP contribution < -0.4 is 11.1 Å². The number of aromatic hydroxyl groups is 1. The van der Waals surface area contributed by atoms with E-state index in [0.717, 1.165) is 0 Å². The Morgan fingerprint density at radius 1 is 1.41 bits per heavy atom. The lowest BCUT2D eigenvalue weighted by Crippen LogP contribution is -2.13. The Balaban J connectivity index is 2.17. The number of nitrogens with two attached hydrogens (primary N) is 1. The van der Waals surface area contributed by atoms with Crippen LogP contribution in [-0.2, 0) is 0 Å².